The molecule has 0 aliphatic rings. The van der Waals surface area contributed by atoms with Crippen molar-refractivity contribution in [1.29, 1.82) is 5.26 Å². The number of nitriles is 1. The largest absolute Gasteiger partial charge is 0.355 e. The van der Waals surface area contributed by atoms with Crippen molar-refractivity contribution < 1.29 is 9.59 Å². The number of anilines is 1. The molecule has 0 saturated carbocycles. The van der Waals surface area contributed by atoms with Crippen molar-refractivity contribution >= 4 is 17.5 Å². The van der Waals surface area contributed by atoms with Crippen LogP contribution >= 0.6 is 0 Å². The van der Waals surface area contributed by atoms with E-state index in [1.54, 1.807) is 43.1 Å². The monoisotopic (exact) mass is 302 g/mol. The number of carbonyl (C=O) groups is 2. The molecular formula is C16H22N4O2. The summed E-state index contributed by atoms with van der Waals surface area (Å²) in [5, 5.41) is 14.5. The predicted octanol–water partition coefficient (Wildman–Crippen LogP) is 1.34. The number of amides is 2. The number of nitrogens with one attached hydrogen (secondary N) is 2. The first kappa shape index (κ1) is 17.7. The van der Waals surface area contributed by atoms with Crippen molar-refractivity contribution in [3.8, 4) is 6.07 Å². The second kappa shape index (κ2) is 8.80. The van der Waals surface area contributed by atoms with Gasteiger partial charge >= 0.3 is 0 Å². The number of carbonyl (C=O) groups excluding carboxylic acids is 2. The molecule has 1 atom stereocenters. The van der Waals surface area contributed by atoms with Crippen molar-refractivity contribution in [3.05, 3.63) is 29.8 Å². The summed E-state index contributed by atoms with van der Waals surface area (Å²) in [6.07, 6.45) is 0.871. The van der Waals surface area contributed by atoms with Gasteiger partial charge in [-0.3, -0.25) is 14.5 Å². The molecule has 2 amide bonds. The zero-order valence-electron chi connectivity index (χ0n) is 13.2. The topological polar surface area (TPSA) is 85.2 Å². The molecule has 0 radical (unpaired) electrons. The van der Waals surface area contributed by atoms with Crippen molar-refractivity contribution in [2.75, 3.05) is 25.5 Å². The van der Waals surface area contributed by atoms with Gasteiger partial charge in [0.05, 0.1) is 23.8 Å². The third kappa shape index (κ3) is 5.19. The van der Waals surface area contributed by atoms with E-state index in [9.17, 15) is 9.59 Å². The molecule has 6 heteroatoms. The van der Waals surface area contributed by atoms with Gasteiger partial charge in [-0.2, -0.15) is 5.26 Å². The van der Waals surface area contributed by atoms with Crippen LogP contribution in [0.4, 0.5) is 5.69 Å². The molecule has 0 spiro atoms. The summed E-state index contributed by atoms with van der Waals surface area (Å²) in [6, 6.07) is 8.35. The second-order valence-corrected chi connectivity index (χ2v) is 5.09. The lowest BCUT2D eigenvalue weighted by Gasteiger charge is -2.23. The maximum Gasteiger partial charge on any atom is 0.241 e. The van der Waals surface area contributed by atoms with Crippen molar-refractivity contribution in [2.45, 2.75) is 26.3 Å². The Hall–Kier alpha value is -2.39. The van der Waals surface area contributed by atoms with Crippen LogP contribution in [0.5, 0.6) is 0 Å². The number of rotatable bonds is 7. The van der Waals surface area contributed by atoms with Crippen LogP contribution in [0.3, 0.4) is 0 Å². The quantitative estimate of drug-likeness (QED) is 0.796. The van der Waals surface area contributed by atoms with E-state index in [4.69, 9.17) is 5.26 Å². The summed E-state index contributed by atoms with van der Waals surface area (Å²) in [7, 11) is 1.71. The average Bonchev–Trinajstić information content (AvgIpc) is 2.52. The molecule has 0 aliphatic heterocycles. The normalized spacial score (nSPS) is 11.6. The van der Waals surface area contributed by atoms with Gasteiger partial charge < -0.3 is 10.6 Å². The molecule has 0 fully saturated rings. The Morgan fingerprint density at radius 3 is 2.68 bits per heavy atom. The van der Waals surface area contributed by atoms with E-state index in [-0.39, 0.29) is 18.4 Å². The molecule has 0 unspecified atom stereocenters. The van der Waals surface area contributed by atoms with Crippen LogP contribution in [0, 0.1) is 11.3 Å². The first-order chi connectivity index (χ1) is 10.5. The van der Waals surface area contributed by atoms with Gasteiger partial charge in [0.25, 0.3) is 0 Å². The third-order valence-corrected chi connectivity index (χ3v) is 3.31. The number of hydrogen-bond acceptors (Lipinski definition) is 4. The molecule has 0 aromatic heterocycles. The van der Waals surface area contributed by atoms with Gasteiger partial charge in [0.15, 0.2) is 0 Å². The molecule has 22 heavy (non-hydrogen) atoms. The number of para-hydroxylation sites is 1. The van der Waals surface area contributed by atoms with Crippen molar-refractivity contribution in [2.24, 2.45) is 0 Å². The molecule has 1 aromatic carbocycles. The van der Waals surface area contributed by atoms with Crippen molar-refractivity contribution in [1.82, 2.24) is 10.2 Å². The lowest BCUT2D eigenvalue weighted by atomic mass is 10.2. The molecule has 1 rings (SSSR count). The number of hydrogen-bond donors (Lipinski definition) is 2. The van der Waals surface area contributed by atoms with Crippen molar-refractivity contribution in [3.63, 3.8) is 0 Å². The van der Waals surface area contributed by atoms with Gasteiger partial charge in [-0.05, 0) is 32.5 Å². The molecule has 2 N–H and O–H groups in total. The van der Waals surface area contributed by atoms with Gasteiger partial charge in [0, 0.05) is 6.54 Å². The Morgan fingerprint density at radius 2 is 2.05 bits per heavy atom. The van der Waals surface area contributed by atoms with Crippen LogP contribution in [0.15, 0.2) is 24.3 Å². The molecule has 0 heterocycles. The Balaban J connectivity index is 2.61. The molecule has 0 aliphatic carbocycles. The molecule has 0 bridgehead atoms. The second-order valence-electron chi connectivity index (χ2n) is 5.09. The van der Waals surface area contributed by atoms with Gasteiger partial charge in [-0.1, -0.05) is 19.1 Å². The van der Waals surface area contributed by atoms with Gasteiger partial charge in [0.1, 0.15) is 6.07 Å². The van der Waals surface area contributed by atoms with Crippen LogP contribution < -0.4 is 10.6 Å². The number of likely N-dealkylation sites (N-methyl/N-ethyl adjacent to an activating group) is 1. The first-order valence-corrected chi connectivity index (χ1v) is 7.26. The van der Waals surface area contributed by atoms with Crippen LogP contribution in [-0.2, 0) is 9.59 Å². The minimum absolute atomic E-state index is 0.110. The lowest BCUT2D eigenvalue weighted by Crippen LogP contribution is -2.45. The summed E-state index contributed by atoms with van der Waals surface area (Å²) >= 11 is 0. The molecule has 1 aromatic rings. The maximum atomic E-state index is 12.2. The Bertz CT molecular complexity index is 566. The molecule has 6 nitrogen and oxygen atoms in total. The highest BCUT2D eigenvalue weighted by Gasteiger charge is 2.20. The number of benzene rings is 1. The highest BCUT2D eigenvalue weighted by molar-refractivity contribution is 5.96. The summed E-state index contributed by atoms with van der Waals surface area (Å²) in [5.74, 6) is -0.366. The first-order valence-electron chi connectivity index (χ1n) is 7.26. The summed E-state index contributed by atoms with van der Waals surface area (Å²) in [4.78, 5) is 25.6. The Morgan fingerprint density at radius 1 is 1.36 bits per heavy atom. The average molecular weight is 302 g/mol. The minimum atomic E-state index is -0.487. The van der Waals surface area contributed by atoms with Crippen LogP contribution in [-0.4, -0.2) is 42.9 Å². The summed E-state index contributed by atoms with van der Waals surface area (Å²) in [6.45, 7) is 4.47. The Labute approximate surface area is 131 Å². The van der Waals surface area contributed by atoms with E-state index in [0.29, 0.717) is 17.8 Å². The van der Waals surface area contributed by atoms with Gasteiger partial charge in [0.2, 0.25) is 11.8 Å². The smallest absolute Gasteiger partial charge is 0.241 e. The van der Waals surface area contributed by atoms with E-state index in [1.807, 2.05) is 13.0 Å². The Kier molecular flexibility index (Phi) is 7.06. The fourth-order valence-corrected chi connectivity index (χ4v) is 1.81. The maximum absolute atomic E-state index is 12.2. The highest BCUT2D eigenvalue weighted by Crippen LogP contribution is 2.14. The van der Waals surface area contributed by atoms with E-state index in [0.717, 1.165) is 6.42 Å². The highest BCUT2D eigenvalue weighted by atomic mass is 16.2. The van der Waals surface area contributed by atoms with Gasteiger partial charge in [-0.25, -0.2) is 0 Å². The zero-order valence-corrected chi connectivity index (χ0v) is 13.2. The third-order valence-electron chi connectivity index (χ3n) is 3.31. The van der Waals surface area contributed by atoms with E-state index in [2.05, 4.69) is 10.6 Å². The van der Waals surface area contributed by atoms with E-state index < -0.39 is 6.04 Å². The predicted molar refractivity (Wildman–Crippen MR) is 85.2 cm³/mol. The van der Waals surface area contributed by atoms with Crippen LogP contribution in [0.1, 0.15) is 25.8 Å². The van der Waals surface area contributed by atoms with Crippen LogP contribution in [0.25, 0.3) is 0 Å². The SMILES string of the molecule is CCCNC(=O)CN(C)[C@H](C)C(=O)Nc1ccccc1C#N. The lowest BCUT2D eigenvalue weighted by molar-refractivity contribution is -0.124. The standard InChI is InChI=1S/C16H22N4O2/c1-4-9-18-15(21)11-20(3)12(2)16(22)19-14-8-6-5-7-13(14)10-17/h5-8,12H,4,9,11H2,1-3H3,(H,18,21)(H,19,22)/t12-/m1/s1. The molecule has 118 valence electrons. The molecular weight excluding hydrogens is 280 g/mol. The van der Waals surface area contributed by atoms with Gasteiger partial charge in [-0.15, -0.1) is 0 Å². The summed E-state index contributed by atoms with van der Waals surface area (Å²) < 4.78 is 0. The number of nitrogens with zero attached hydrogens (tertiary/aromatic N) is 2. The van der Waals surface area contributed by atoms with Crippen LogP contribution in [0.2, 0.25) is 0 Å². The fraction of sp³-hybridized carbons (Fsp3) is 0.438. The van der Waals surface area contributed by atoms with E-state index in [1.165, 1.54) is 0 Å². The van der Waals surface area contributed by atoms with E-state index >= 15 is 0 Å². The fourth-order valence-electron chi connectivity index (χ4n) is 1.81. The zero-order chi connectivity index (χ0) is 16.5. The minimum Gasteiger partial charge on any atom is -0.355 e. The molecule has 0 saturated heterocycles. The summed E-state index contributed by atoms with van der Waals surface area (Å²) in [5.41, 5.74) is 0.886.